The molecule has 1 atom stereocenters. The first-order valence-corrected chi connectivity index (χ1v) is 9.40. The number of likely N-dealkylation sites (N-methyl/N-ethyl adjacent to an activating group) is 1. The first-order valence-electron chi connectivity index (χ1n) is 8.00. The van der Waals surface area contributed by atoms with Crippen LogP contribution in [0.15, 0.2) is 0 Å². The summed E-state index contributed by atoms with van der Waals surface area (Å²) in [5, 5.41) is 3.28. The van der Waals surface area contributed by atoms with Gasteiger partial charge in [0.25, 0.3) is 10.2 Å². The molecule has 0 amide bonds. The molecule has 1 saturated carbocycles. The van der Waals surface area contributed by atoms with E-state index in [4.69, 9.17) is 6.42 Å². The molecule has 1 aliphatic carbocycles. The molecule has 5 nitrogen and oxygen atoms in total. The Bertz CT molecular complexity index is 468. The van der Waals surface area contributed by atoms with Crippen LogP contribution in [0.25, 0.3) is 0 Å². The molecule has 0 bridgehead atoms. The van der Waals surface area contributed by atoms with Gasteiger partial charge in [-0.25, -0.2) is 0 Å². The second kappa shape index (κ2) is 7.59. The summed E-state index contributed by atoms with van der Waals surface area (Å²) in [5.74, 6) is 3.01. The normalized spacial score (nSPS) is 24.1. The van der Waals surface area contributed by atoms with Crippen LogP contribution < -0.4 is 5.32 Å². The highest BCUT2D eigenvalue weighted by molar-refractivity contribution is 7.86. The number of terminal acetylenes is 1. The molecule has 2 aliphatic rings. The fraction of sp³-hybridized carbons (Fsp3) is 0.867. The lowest BCUT2D eigenvalue weighted by Gasteiger charge is -2.37. The molecular weight excluding hydrogens is 286 g/mol. The van der Waals surface area contributed by atoms with Crippen LogP contribution in [0.2, 0.25) is 0 Å². The van der Waals surface area contributed by atoms with Gasteiger partial charge in [0.2, 0.25) is 0 Å². The van der Waals surface area contributed by atoms with Crippen LogP contribution in [0.5, 0.6) is 0 Å². The van der Waals surface area contributed by atoms with Crippen molar-refractivity contribution in [1.29, 1.82) is 0 Å². The zero-order valence-electron chi connectivity index (χ0n) is 12.9. The van der Waals surface area contributed by atoms with E-state index in [-0.39, 0.29) is 12.6 Å². The summed E-state index contributed by atoms with van der Waals surface area (Å²) < 4.78 is 29.1. The van der Waals surface area contributed by atoms with Gasteiger partial charge in [-0.15, -0.1) is 6.42 Å². The number of rotatable bonds is 8. The van der Waals surface area contributed by atoms with E-state index in [2.05, 4.69) is 11.2 Å². The highest BCUT2D eigenvalue weighted by Crippen LogP contribution is 2.31. The molecule has 2 rings (SSSR count). The smallest absolute Gasteiger partial charge is 0.283 e. The molecule has 0 radical (unpaired) electrons. The van der Waals surface area contributed by atoms with E-state index in [9.17, 15) is 8.42 Å². The lowest BCUT2D eigenvalue weighted by atomic mass is 10.1. The van der Waals surface area contributed by atoms with Crippen LogP contribution in [0.3, 0.4) is 0 Å². The summed E-state index contributed by atoms with van der Waals surface area (Å²) in [5.41, 5.74) is 0. The number of hydrogen-bond acceptors (Lipinski definition) is 3. The molecule has 1 aliphatic heterocycles. The van der Waals surface area contributed by atoms with Crippen LogP contribution in [0, 0.1) is 18.3 Å². The van der Waals surface area contributed by atoms with Crippen LogP contribution in [-0.4, -0.2) is 55.8 Å². The van der Waals surface area contributed by atoms with Crippen LogP contribution in [0.1, 0.15) is 39.0 Å². The Balaban J connectivity index is 2.10. The van der Waals surface area contributed by atoms with E-state index in [1.54, 1.807) is 4.31 Å². The maximum Gasteiger partial charge on any atom is 0.283 e. The fourth-order valence-corrected chi connectivity index (χ4v) is 4.72. The first kappa shape index (κ1) is 16.8. The molecule has 1 N–H and O–H groups in total. The Morgan fingerprint density at radius 2 is 2.10 bits per heavy atom. The van der Waals surface area contributed by atoms with Gasteiger partial charge in [-0.3, -0.25) is 0 Å². The highest BCUT2D eigenvalue weighted by atomic mass is 32.2. The minimum Gasteiger partial charge on any atom is -0.315 e. The van der Waals surface area contributed by atoms with Crippen molar-refractivity contribution in [3.05, 3.63) is 0 Å². The summed E-state index contributed by atoms with van der Waals surface area (Å²) in [7, 11) is -3.44. The zero-order chi connectivity index (χ0) is 15.3. The van der Waals surface area contributed by atoms with E-state index in [1.807, 2.05) is 6.92 Å². The molecule has 0 spiro atoms. The molecule has 0 aromatic carbocycles. The average molecular weight is 313 g/mol. The Morgan fingerprint density at radius 3 is 2.71 bits per heavy atom. The van der Waals surface area contributed by atoms with Gasteiger partial charge in [0.15, 0.2) is 0 Å². The molecule has 6 heteroatoms. The van der Waals surface area contributed by atoms with Crippen LogP contribution in [0.4, 0.5) is 0 Å². The maximum absolute atomic E-state index is 12.9. The van der Waals surface area contributed by atoms with Gasteiger partial charge in [0.05, 0.1) is 6.54 Å². The second-order valence-electron chi connectivity index (χ2n) is 6.02. The predicted molar refractivity (Wildman–Crippen MR) is 84.9 cm³/mol. The van der Waals surface area contributed by atoms with E-state index in [1.165, 1.54) is 4.31 Å². The summed E-state index contributed by atoms with van der Waals surface area (Å²) >= 11 is 0. The third kappa shape index (κ3) is 4.43. The standard InChI is InChI=1S/C15H27N3O2S/c1-3-10-17(13-14-8-9-14)21(19,20)18-11-6-5-7-15(18)12-16-4-2/h1,14-16H,4-13H2,2H3. The van der Waals surface area contributed by atoms with Crippen molar-refractivity contribution < 1.29 is 8.42 Å². The Hall–Kier alpha value is -0.610. The van der Waals surface area contributed by atoms with Crippen LogP contribution in [-0.2, 0) is 10.2 Å². The lowest BCUT2D eigenvalue weighted by Crippen LogP contribution is -2.54. The van der Waals surface area contributed by atoms with Gasteiger partial charge in [0.1, 0.15) is 0 Å². The zero-order valence-corrected chi connectivity index (χ0v) is 13.7. The van der Waals surface area contributed by atoms with Gasteiger partial charge >= 0.3 is 0 Å². The number of piperidine rings is 1. The SMILES string of the molecule is C#CCN(CC1CC1)S(=O)(=O)N1CCCCC1CNCC. The Kier molecular flexibility index (Phi) is 6.06. The number of hydrogen-bond donors (Lipinski definition) is 1. The highest BCUT2D eigenvalue weighted by Gasteiger charge is 2.38. The lowest BCUT2D eigenvalue weighted by molar-refractivity contribution is 0.228. The van der Waals surface area contributed by atoms with Crippen molar-refractivity contribution in [2.75, 3.05) is 32.7 Å². The molecular formula is C15H27N3O2S. The average Bonchev–Trinajstić information content (AvgIpc) is 3.29. The van der Waals surface area contributed by atoms with E-state index in [0.29, 0.717) is 19.0 Å². The monoisotopic (exact) mass is 313 g/mol. The molecule has 2 fully saturated rings. The fourth-order valence-electron chi connectivity index (χ4n) is 2.87. The number of nitrogens with one attached hydrogen (secondary N) is 1. The summed E-state index contributed by atoms with van der Waals surface area (Å²) in [6.07, 6.45) is 10.6. The van der Waals surface area contributed by atoms with E-state index in [0.717, 1.165) is 45.2 Å². The molecule has 21 heavy (non-hydrogen) atoms. The Labute approximate surface area is 129 Å². The molecule has 0 aromatic heterocycles. The minimum absolute atomic E-state index is 0.0585. The van der Waals surface area contributed by atoms with Crippen molar-refractivity contribution in [2.24, 2.45) is 5.92 Å². The van der Waals surface area contributed by atoms with Gasteiger partial charge in [-0.1, -0.05) is 19.3 Å². The van der Waals surface area contributed by atoms with Gasteiger partial charge in [-0.05, 0) is 38.1 Å². The van der Waals surface area contributed by atoms with Gasteiger partial charge < -0.3 is 5.32 Å². The van der Waals surface area contributed by atoms with Gasteiger partial charge in [-0.2, -0.15) is 17.0 Å². The second-order valence-corrected chi connectivity index (χ2v) is 7.90. The van der Waals surface area contributed by atoms with Crippen molar-refractivity contribution in [3.8, 4) is 12.3 Å². The molecule has 1 heterocycles. The topological polar surface area (TPSA) is 52.7 Å². The number of nitrogens with zero attached hydrogens (tertiary/aromatic N) is 2. The third-order valence-electron chi connectivity index (χ3n) is 4.25. The molecule has 0 aromatic rings. The molecule has 1 unspecified atom stereocenters. The quantitative estimate of drug-likeness (QED) is 0.681. The summed E-state index contributed by atoms with van der Waals surface area (Å²) in [4.78, 5) is 0. The van der Waals surface area contributed by atoms with Crippen LogP contribution >= 0.6 is 0 Å². The summed E-state index contributed by atoms with van der Waals surface area (Å²) in [6, 6.07) is 0.0585. The largest absolute Gasteiger partial charge is 0.315 e. The van der Waals surface area contributed by atoms with Crippen molar-refractivity contribution in [1.82, 2.24) is 13.9 Å². The third-order valence-corrected chi connectivity index (χ3v) is 6.26. The predicted octanol–water partition coefficient (Wildman–Crippen LogP) is 1.04. The van der Waals surface area contributed by atoms with Crippen molar-refractivity contribution in [3.63, 3.8) is 0 Å². The van der Waals surface area contributed by atoms with Crippen molar-refractivity contribution in [2.45, 2.75) is 45.1 Å². The molecule has 1 saturated heterocycles. The first-order chi connectivity index (χ1) is 10.1. The minimum atomic E-state index is -3.44. The Morgan fingerprint density at radius 1 is 1.33 bits per heavy atom. The summed E-state index contributed by atoms with van der Waals surface area (Å²) in [6.45, 7) is 5.01. The maximum atomic E-state index is 12.9. The van der Waals surface area contributed by atoms with Crippen molar-refractivity contribution >= 4 is 10.2 Å². The van der Waals surface area contributed by atoms with E-state index < -0.39 is 10.2 Å². The molecule has 120 valence electrons. The van der Waals surface area contributed by atoms with Gasteiger partial charge in [0, 0.05) is 25.7 Å². The van der Waals surface area contributed by atoms with E-state index >= 15 is 0 Å².